The Morgan fingerprint density at radius 1 is 1.14 bits per heavy atom. The minimum Gasteiger partial charge on any atom is -0.395 e. The number of rotatable bonds is 5. The average molecular weight is 299 g/mol. The summed E-state index contributed by atoms with van der Waals surface area (Å²) in [5.41, 5.74) is 2.54. The maximum Gasteiger partial charge on any atom is 0.0772 e. The Balaban J connectivity index is 2.05. The van der Waals surface area contributed by atoms with Gasteiger partial charge in [0.15, 0.2) is 0 Å². The first-order chi connectivity index (χ1) is 10.2. The molecule has 110 valence electrons. The first-order valence-electron chi connectivity index (χ1n) is 7.23. The molecule has 0 saturated heterocycles. The number of aryl methyl sites for hydroxylation is 1. The lowest BCUT2D eigenvalue weighted by Crippen LogP contribution is -2.21. The Hall–Kier alpha value is -1.76. The van der Waals surface area contributed by atoms with Crippen LogP contribution in [0, 0.1) is 18.8 Å². The number of anilines is 1. The van der Waals surface area contributed by atoms with Gasteiger partial charge in [0.2, 0.25) is 0 Å². The molecule has 0 radical (unpaired) electrons. The molecule has 1 heterocycles. The molecule has 0 atom stereocenters. The Kier molecular flexibility index (Phi) is 5.86. The summed E-state index contributed by atoms with van der Waals surface area (Å²) in [5, 5.41) is 8.74. The van der Waals surface area contributed by atoms with Crippen molar-refractivity contribution in [2.75, 3.05) is 18.1 Å². The van der Waals surface area contributed by atoms with Crippen molar-refractivity contribution in [1.82, 2.24) is 0 Å². The van der Waals surface area contributed by atoms with Crippen molar-refractivity contribution < 1.29 is 5.11 Å². The van der Waals surface area contributed by atoms with Gasteiger partial charge in [0, 0.05) is 23.5 Å². The first kappa shape index (κ1) is 15.6. The third-order valence-electron chi connectivity index (χ3n) is 3.24. The van der Waals surface area contributed by atoms with Crippen LogP contribution in [0.15, 0.2) is 36.4 Å². The summed E-state index contributed by atoms with van der Waals surface area (Å²) < 4.78 is 0. The molecule has 0 spiro atoms. The highest BCUT2D eigenvalue weighted by Gasteiger charge is 2.07. The van der Waals surface area contributed by atoms with Gasteiger partial charge in [-0.1, -0.05) is 29.5 Å². The second-order valence-electron chi connectivity index (χ2n) is 4.89. The van der Waals surface area contributed by atoms with Gasteiger partial charge in [0.05, 0.1) is 18.0 Å². The van der Waals surface area contributed by atoms with Crippen LogP contribution in [0.5, 0.6) is 0 Å². The normalized spacial score (nSPS) is 10.0. The molecule has 0 bridgehead atoms. The summed E-state index contributed by atoms with van der Waals surface area (Å²) in [7, 11) is 0. The van der Waals surface area contributed by atoms with E-state index in [0.717, 1.165) is 18.0 Å². The molecule has 2 rings (SSSR count). The van der Waals surface area contributed by atoms with E-state index in [1.54, 1.807) is 11.3 Å². The summed E-state index contributed by atoms with van der Waals surface area (Å²) in [4.78, 5) is 4.74. The van der Waals surface area contributed by atoms with E-state index in [4.69, 9.17) is 5.11 Å². The summed E-state index contributed by atoms with van der Waals surface area (Å²) >= 11 is 1.73. The summed E-state index contributed by atoms with van der Waals surface area (Å²) in [6.45, 7) is 6.30. The zero-order valence-electron chi connectivity index (χ0n) is 12.6. The molecule has 0 amide bonds. The largest absolute Gasteiger partial charge is 0.395 e. The quantitative estimate of drug-likeness (QED) is 0.849. The second kappa shape index (κ2) is 7.87. The predicted molar refractivity (Wildman–Crippen MR) is 90.8 cm³/mol. The maximum atomic E-state index is 8.74. The third kappa shape index (κ3) is 4.63. The lowest BCUT2D eigenvalue weighted by Gasteiger charge is -2.22. The number of aliphatic hydroxyl groups excluding tert-OH is 1. The fourth-order valence-corrected chi connectivity index (χ4v) is 2.96. The van der Waals surface area contributed by atoms with Crippen LogP contribution in [0.3, 0.4) is 0 Å². The van der Waals surface area contributed by atoms with E-state index < -0.39 is 0 Å². The van der Waals surface area contributed by atoms with Gasteiger partial charge in [0.25, 0.3) is 0 Å². The molecule has 0 aliphatic rings. The van der Waals surface area contributed by atoms with Crippen LogP contribution < -0.4 is 4.90 Å². The van der Waals surface area contributed by atoms with Crippen LogP contribution >= 0.6 is 11.3 Å². The molecule has 1 aromatic heterocycles. The molecule has 1 aromatic carbocycles. The molecule has 0 unspecified atom stereocenters. The minimum atomic E-state index is 0.127. The van der Waals surface area contributed by atoms with Gasteiger partial charge in [-0.15, -0.1) is 11.3 Å². The maximum absolute atomic E-state index is 8.74. The van der Waals surface area contributed by atoms with Gasteiger partial charge in [-0.05, 0) is 38.1 Å². The topological polar surface area (TPSA) is 23.5 Å². The molecule has 21 heavy (non-hydrogen) atoms. The summed E-state index contributed by atoms with van der Waals surface area (Å²) in [6, 6.07) is 12.9. The SMILES string of the molecule is CCN(Cc1ccc(C#CCCO)s1)c1ccc(C)cc1. The average Bonchev–Trinajstić information content (AvgIpc) is 2.94. The van der Waals surface area contributed by atoms with Crippen molar-refractivity contribution in [3.63, 3.8) is 0 Å². The minimum absolute atomic E-state index is 0.127. The van der Waals surface area contributed by atoms with E-state index in [1.165, 1.54) is 16.1 Å². The zero-order chi connectivity index (χ0) is 15.1. The van der Waals surface area contributed by atoms with E-state index in [1.807, 2.05) is 0 Å². The number of aliphatic hydroxyl groups is 1. The van der Waals surface area contributed by atoms with Crippen LogP contribution in [0.2, 0.25) is 0 Å². The van der Waals surface area contributed by atoms with E-state index in [9.17, 15) is 0 Å². The highest BCUT2D eigenvalue weighted by molar-refractivity contribution is 7.12. The van der Waals surface area contributed by atoms with Crippen LogP contribution in [0.1, 0.15) is 28.7 Å². The number of hydrogen-bond donors (Lipinski definition) is 1. The summed E-state index contributed by atoms with van der Waals surface area (Å²) in [5.74, 6) is 6.06. The van der Waals surface area contributed by atoms with Gasteiger partial charge >= 0.3 is 0 Å². The van der Waals surface area contributed by atoms with Crippen molar-refractivity contribution in [3.8, 4) is 11.8 Å². The van der Waals surface area contributed by atoms with Crippen molar-refractivity contribution in [3.05, 3.63) is 51.7 Å². The molecule has 0 aliphatic carbocycles. The third-order valence-corrected chi connectivity index (χ3v) is 4.22. The molecular weight excluding hydrogens is 278 g/mol. The van der Waals surface area contributed by atoms with Crippen molar-refractivity contribution in [2.45, 2.75) is 26.8 Å². The Bertz CT molecular complexity index is 619. The lowest BCUT2D eigenvalue weighted by molar-refractivity contribution is 0.305. The van der Waals surface area contributed by atoms with Gasteiger partial charge < -0.3 is 10.0 Å². The number of nitrogens with zero attached hydrogens (tertiary/aromatic N) is 1. The van der Waals surface area contributed by atoms with Crippen molar-refractivity contribution in [1.29, 1.82) is 0 Å². The van der Waals surface area contributed by atoms with Crippen LogP contribution in [-0.2, 0) is 6.54 Å². The first-order valence-corrected chi connectivity index (χ1v) is 8.04. The molecule has 2 aromatic rings. The fourth-order valence-electron chi connectivity index (χ4n) is 2.06. The monoisotopic (exact) mass is 299 g/mol. The van der Waals surface area contributed by atoms with Gasteiger partial charge in [0.1, 0.15) is 0 Å². The van der Waals surface area contributed by atoms with Crippen molar-refractivity contribution >= 4 is 17.0 Å². The molecule has 2 nitrogen and oxygen atoms in total. The standard InChI is InChI=1S/C18H21NOS/c1-3-19(16-9-7-15(2)8-10-16)14-18-12-11-17(21-18)6-4-5-13-20/h7-12,20H,3,5,13-14H2,1-2H3. The van der Waals surface area contributed by atoms with Crippen LogP contribution in [-0.4, -0.2) is 18.3 Å². The molecule has 0 aliphatic heterocycles. The van der Waals surface area contributed by atoms with Gasteiger partial charge in [-0.2, -0.15) is 0 Å². The van der Waals surface area contributed by atoms with E-state index >= 15 is 0 Å². The fraction of sp³-hybridized carbons (Fsp3) is 0.333. The van der Waals surface area contributed by atoms with Crippen LogP contribution in [0.4, 0.5) is 5.69 Å². The molecule has 0 fully saturated rings. The Labute approximate surface area is 131 Å². The van der Waals surface area contributed by atoms with E-state index in [2.05, 4.69) is 67.0 Å². The van der Waals surface area contributed by atoms with E-state index in [-0.39, 0.29) is 6.61 Å². The van der Waals surface area contributed by atoms with Crippen LogP contribution in [0.25, 0.3) is 0 Å². The molecular formula is C18H21NOS. The zero-order valence-corrected chi connectivity index (χ0v) is 13.4. The highest BCUT2D eigenvalue weighted by Crippen LogP contribution is 2.22. The van der Waals surface area contributed by atoms with Crippen molar-refractivity contribution in [2.24, 2.45) is 0 Å². The second-order valence-corrected chi connectivity index (χ2v) is 6.06. The predicted octanol–water partition coefficient (Wildman–Crippen LogP) is 3.82. The van der Waals surface area contributed by atoms with Gasteiger partial charge in [-0.3, -0.25) is 0 Å². The highest BCUT2D eigenvalue weighted by atomic mass is 32.1. The number of thiophene rings is 1. The number of benzene rings is 1. The number of hydrogen-bond acceptors (Lipinski definition) is 3. The van der Waals surface area contributed by atoms with Gasteiger partial charge in [-0.25, -0.2) is 0 Å². The molecule has 0 saturated carbocycles. The Morgan fingerprint density at radius 2 is 1.90 bits per heavy atom. The lowest BCUT2D eigenvalue weighted by atomic mass is 10.2. The molecule has 1 N–H and O–H groups in total. The molecule has 3 heteroatoms. The summed E-state index contributed by atoms with van der Waals surface area (Å²) in [6.07, 6.45) is 0.539. The van der Waals surface area contributed by atoms with E-state index in [0.29, 0.717) is 6.42 Å². The Morgan fingerprint density at radius 3 is 2.57 bits per heavy atom. The smallest absolute Gasteiger partial charge is 0.0772 e.